The highest BCUT2D eigenvalue weighted by atomic mass is 16.8. The van der Waals surface area contributed by atoms with E-state index < -0.39 is 323 Å². The van der Waals surface area contributed by atoms with Gasteiger partial charge in [0.25, 0.3) is 0 Å². The summed E-state index contributed by atoms with van der Waals surface area (Å²) in [5.41, 5.74) is -3.95. The van der Waals surface area contributed by atoms with E-state index in [1.165, 1.54) is 13.8 Å². The summed E-state index contributed by atoms with van der Waals surface area (Å²) in [7, 11) is 0. The number of carbonyl (C=O) groups excluding carboxylic acids is 3. The smallest absolute Gasteiger partial charge is 0.335 e. The summed E-state index contributed by atoms with van der Waals surface area (Å²) < 4.78 is 103. The van der Waals surface area contributed by atoms with Crippen LogP contribution in [0.3, 0.4) is 0 Å². The number of carboxylic acids is 1. The summed E-state index contributed by atoms with van der Waals surface area (Å²) in [5, 5.41) is 220. The molecular weight excluding hydrogens is 1580 g/mol. The number of fused-ring (bicyclic) bond motifs is 7. The van der Waals surface area contributed by atoms with Crippen LogP contribution in [0.4, 0.5) is 0 Å². The fourth-order valence-electron chi connectivity index (χ4n) is 21.7. The van der Waals surface area contributed by atoms with E-state index in [0.29, 0.717) is 51.4 Å². The summed E-state index contributed by atoms with van der Waals surface area (Å²) >= 11 is 0. The van der Waals surface area contributed by atoms with E-state index in [4.69, 9.17) is 80.5 Å². The molecule has 4 saturated carbocycles. The van der Waals surface area contributed by atoms with Crippen LogP contribution in [-0.4, -0.2) is 393 Å². The number of rotatable bonds is 21. The number of aliphatic hydroxyl groups is 19. The van der Waals surface area contributed by atoms with Gasteiger partial charge in [0, 0.05) is 6.92 Å². The molecule has 8 heterocycles. The van der Waals surface area contributed by atoms with Crippen molar-refractivity contribution in [3.8, 4) is 0 Å². The van der Waals surface area contributed by atoms with Crippen molar-refractivity contribution in [2.75, 3.05) is 33.0 Å². The van der Waals surface area contributed by atoms with Gasteiger partial charge in [-0.3, -0.25) is 9.59 Å². The number of ether oxygens (including phenoxy) is 17. The van der Waals surface area contributed by atoms with Crippen LogP contribution >= 0.6 is 0 Å². The first kappa shape index (κ1) is 92.1. The van der Waals surface area contributed by atoms with Crippen LogP contribution < -0.4 is 0 Å². The molecule has 8 aliphatic heterocycles. The summed E-state index contributed by atoms with van der Waals surface area (Å²) in [6.45, 7) is 12.9. The molecule has 13 rings (SSSR count). The Balaban J connectivity index is 0.768. The molecule has 41 nitrogen and oxygen atoms in total. The largest absolute Gasteiger partial charge is 0.479 e. The second-order valence-corrected chi connectivity index (χ2v) is 36.4. The van der Waals surface area contributed by atoms with Crippen molar-refractivity contribution in [3.05, 3.63) is 11.6 Å². The molecule has 0 aromatic heterocycles. The molecule has 41 heteroatoms. The second-order valence-electron chi connectivity index (χ2n) is 36.4. The Kier molecular flexibility index (Phi) is 27.6. The molecule has 0 amide bonds. The summed E-state index contributed by atoms with van der Waals surface area (Å²) in [4.78, 5) is 56.4. The number of aliphatic hydroxyl groups excluding tert-OH is 19. The maximum absolute atomic E-state index is 16.1. The predicted molar refractivity (Wildman–Crippen MR) is 383 cm³/mol. The highest BCUT2D eigenvalue weighted by molar-refractivity contribution is 5.79. The molecule has 118 heavy (non-hydrogen) atoms. The number of hydrogen-bond acceptors (Lipinski definition) is 40. The highest BCUT2D eigenvalue weighted by Crippen LogP contribution is 2.76. The quantitative estimate of drug-likeness (QED) is 0.0220. The van der Waals surface area contributed by atoms with E-state index in [0.717, 1.165) is 18.8 Å². The Hall–Kier alpha value is -3.54. The number of aliphatic carboxylic acids is 1. The van der Waals surface area contributed by atoms with Gasteiger partial charge in [-0.1, -0.05) is 53.2 Å². The minimum atomic E-state index is -2.23. The van der Waals surface area contributed by atoms with Crippen LogP contribution in [0.5, 0.6) is 0 Å². The molecule has 46 atom stereocenters. The molecule has 5 aliphatic carbocycles. The van der Waals surface area contributed by atoms with Crippen LogP contribution in [0.2, 0.25) is 0 Å². The lowest BCUT2D eigenvalue weighted by Gasteiger charge is -2.71. The first-order valence-electron chi connectivity index (χ1n) is 40.7. The molecule has 674 valence electrons. The minimum absolute atomic E-state index is 0.108. The van der Waals surface area contributed by atoms with Gasteiger partial charge in [-0.2, -0.15) is 0 Å². The van der Waals surface area contributed by atoms with Crippen molar-refractivity contribution >= 4 is 24.2 Å². The van der Waals surface area contributed by atoms with E-state index in [1.807, 2.05) is 0 Å². The molecule has 2 unspecified atom stereocenters. The molecular formula is C77H120O41. The molecule has 0 aromatic rings. The summed E-state index contributed by atoms with van der Waals surface area (Å²) in [6.07, 6.45) is -62.9. The zero-order valence-corrected chi connectivity index (χ0v) is 67.0. The van der Waals surface area contributed by atoms with Gasteiger partial charge in [-0.25, -0.2) is 4.79 Å². The van der Waals surface area contributed by atoms with Gasteiger partial charge in [0.15, 0.2) is 62.3 Å². The van der Waals surface area contributed by atoms with Crippen LogP contribution in [0.25, 0.3) is 0 Å². The minimum Gasteiger partial charge on any atom is -0.479 e. The van der Waals surface area contributed by atoms with Gasteiger partial charge in [-0.05, 0) is 117 Å². The maximum atomic E-state index is 16.1. The van der Waals surface area contributed by atoms with Gasteiger partial charge in [0.1, 0.15) is 153 Å². The molecule has 13 aliphatic rings. The maximum Gasteiger partial charge on any atom is 0.335 e. The van der Waals surface area contributed by atoms with Gasteiger partial charge >= 0.3 is 17.9 Å². The summed E-state index contributed by atoms with van der Waals surface area (Å²) in [5.74, 6) is -4.49. The van der Waals surface area contributed by atoms with Crippen molar-refractivity contribution in [1.82, 2.24) is 0 Å². The average molecular weight is 1700 g/mol. The number of hydrogen-bond donors (Lipinski definition) is 20. The second kappa shape index (κ2) is 35.4. The lowest BCUT2D eigenvalue weighted by atomic mass is 9.33. The molecule has 0 aromatic carbocycles. The Morgan fingerprint density at radius 3 is 1.50 bits per heavy atom. The van der Waals surface area contributed by atoms with Gasteiger partial charge in [-0.15, -0.1) is 0 Å². The molecule has 12 fully saturated rings. The van der Waals surface area contributed by atoms with Gasteiger partial charge in [0.05, 0.1) is 62.2 Å². The third kappa shape index (κ3) is 16.4. The van der Waals surface area contributed by atoms with Crippen LogP contribution in [0, 0.1) is 50.2 Å². The Morgan fingerprint density at radius 1 is 0.449 bits per heavy atom. The zero-order chi connectivity index (χ0) is 86.0. The van der Waals surface area contributed by atoms with Crippen LogP contribution in [0.15, 0.2) is 11.6 Å². The number of aldehydes is 1. The average Bonchev–Trinajstić information content (AvgIpc) is 0.672. The fraction of sp³-hybridized carbons (Fsp3) is 0.922. The van der Waals surface area contributed by atoms with Gasteiger partial charge < -0.3 is 187 Å². The Morgan fingerprint density at radius 2 is 0.932 bits per heavy atom. The van der Waals surface area contributed by atoms with Crippen LogP contribution in [-0.2, 0) is 99.7 Å². The molecule has 8 saturated heterocycles. The topological polar surface area (TPSA) is 630 Å². The number of esters is 2. The number of carboxylic acid groups (broad SMARTS) is 1. The van der Waals surface area contributed by atoms with Crippen molar-refractivity contribution in [1.29, 1.82) is 0 Å². The predicted octanol–water partition coefficient (Wildman–Crippen LogP) is -6.92. The molecule has 0 spiro atoms. The lowest BCUT2D eigenvalue weighted by molar-refractivity contribution is -0.397. The van der Waals surface area contributed by atoms with Gasteiger partial charge in [0.2, 0.25) is 6.29 Å². The van der Waals surface area contributed by atoms with E-state index in [-0.39, 0.29) is 24.2 Å². The normalized spacial score (nSPS) is 53.6. The highest BCUT2D eigenvalue weighted by Gasteiger charge is 2.72. The third-order valence-corrected chi connectivity index (χ3v) is 28.8. The fourth-order valence-corrected chi connectivity index (χ4v) is 21.7. The van der Waals surface area contributed by atoms with Crippen molar-refractivity contribution in [3.63, 3.8) is 0 Å². The monoisotopic (exact) mass is 1700 g/mol. The van der Waals surface area contributed by atoms with Crippen molar-refractivity contribution in [2.45, 2.75) is 360 Å². The SMILES string of the molecule is CC(=O)O[C@H]1[C@@H](O)[C@H](O[C@H]2O[C@H](C)[C@@H](O[C@H]3OC[C@H](O)[C@@H](O[C@H]4OC[C@H](O)[C@@H](O)[C@@H]4O)[C@@H]3O)[C@H](O[C@H]3O[C@@H](CO)[C@H](O)[C@@H](O)[C@@H]3O)[C@@H]2O)[C@@H](OC(=O)[C@@]23CCC(C)(C)C[C@@H]2C2=CCC4[C@]5(C)CC[C@@H](O[C@H]6O[C@@H](C(=O)O)[C@H](O)[C@@H](O[C@H]7OC[C@H](O)[C@@H](O)[C@@H]7O)[C@@H]6O[C@H]6O[C@@H](CO)[C@@H](O)[C@@H](O)[C@@H]6O)[C@](C)(C=O)C5CC[C@]4(C)[C@@]2(C)CC3)O[C@H]1C. The van der Waals surface area contributed by atoms with E-state index in [2.05, 4.69) is 40.7 Å². The molecule has 20 N–H and O–H groups in total. The lowest BCUT2D eigenvalue weighted by Crippen LogP contribution is -2.69. The number of allylic oxidation sites excluding steroid dienone is 2. The first-order chi connectivity index (χ1) is 55.4. The van der Waals surface area contributed by atoms with Crippen molar-refractivity contribution in [2.24, 2.45) is 50.2 Å². The zero-order valence-electron chi connectivity index (χ0n) is 67.0. The van der Waals surface area contributed by atoms with Crippen molar-refractivity contribution < 1.29 is 202 Å². The standard InChI is InChI=1S/C77H120O41/c1-27-54(107-29(3)81)50(95)60(116-68-53(98)58(114-66-48(93)44(89)42(87)35(21-78)108-66)55(28(2)105-68)111-65-52(97)56(34(84)25-104-65)112-63-46(91)40(85)32(82)23-102-63)69(106-27)118-71(101)77-18-16-72(4,5)20-31(77)30-10-11-38-73(6)14-13-39(74(7,26-80)37(73)12-15-76(38,9)75(30,8)17-19-77)110-70-61(117-67-49(94)45(90)43(88)36(22-79)109-67)57(51(96)59(115-70)62(99)100)113-64-47(92)41(86)33(83)24-103-64/h10,26-28,31-61,63-70,78-79,82-98H,11-25H2,1-9H3,(H,99,100)/t27-,28+,31+,32-,33-,34-,35-,36-,37?,38?,39+,40+,41+,42-,43+,44+,45+,46-,47-,48-,49-,50+,51+,52-,53-,54+,55+,56+,57+,58+,59+,60-,61-,63+,64+,65+,66+,67+,68+,69+,70-,73+,74+,75-,76-,77+/m0/s1. The van der Waals surface area contributed by atoms with E-state index in [1.54, 1.807) is 6.92 Å². The summed E-state index contributed by atoms with van der Waals surface area (Å²) in [6, 6.07) is 0. The van der Waals surface area contributed by atoms with E-state index in [9.17, 15) is 117 Å². The Labute approximate surface area is 678 Å². The number of carbonyl (C=O) groups is 4. The molecule has 0 bridgehead atoms. The third-order valence-electron chi connectivity index (χ3n) is 28.8. The van der Waals surface area contributed by atoms with Crippen LogP contribution in [0.1, 0.15) is 127 Å². The van der Waals surface area contributed by atoms with E-state index >= 15 is 4.79 Å². The first-order valence-corrected chi connectivity index (χ1v) is 40.7. The molecule has 0 radical (unpaired) electrons. The Bertz CT molecular complexity index is 3510.